The fourth-order valence-electron chi connectivity index (χ4n) is 3.01. The lowest BCUT2D eigenvalue weighted by Gasteiger charge is -2.26. The van der Waals surface area contributed by atoms with Crippen molar-refractivity contribution in [1.82, 2.24) is 14.8 Å². The molecule has 1 aromatic carbocycles. The highest BCUT2D eigenvalue weighted by Crippen LogP contribution is 2.21. The molecule has 1 fully saturated rings. The number of nitrogens with zero attached hydrogens (tertiary/aromatic N) is 2. The summed E-state index contributed by atoms with van der Waals surface area (Å²) in [7, 11) is 1.85. The van der Waals surface area contributed by atoms with Gasteiger partial charge in [-0.1, -0.05) is 0 Å². The third-order valence-corrected chi connectivity index (χ3v) is 4.42. The van der Waals surface area contributed by atoms with E-state index in [9.17, 15) is 4.79 Å². The molecule has 0 atom stereocenters. The molecule has 3 rings (SSSR count). The summed E-state index contributed by atoms with van der Waals surface area (Å²) >= 11 is 0. The Hall–Kier alpha value is -1.89. The van der Waals surface area contributed by atoms with E-state index < -0.39 is 0 Å². The Kier molecular flexibility index (Phi) is 5.85. The van der Waals surface area contributed by atoms with Crippen LogP contribution < -0.4 is 10.6 Å². The topological polar surface area (TPSA) is 58.5 Å². The minimum atomic E-state index is 0.0375. The summed E-state index contributed by atoms with van der Waals surface area (Å²) in [5, 5.41) is 7.09. The molecular weight excluding hydrogens is 304 g/mol. The third-order valence-electron chi connectivity index (χ3n) is 4.42. The maximum Gasteiger partial charge on any atom is 0.225 e. The Labute approximate surface area is 142 Å². The van der Waals surface area contributed by atoms with Crippen LogP contribution in [0.5, 0.6) is 0 Å². The van der Waals surface area contributed by atoms with E-state index in [1.165, 1.54) is 5.52 Å². The minimum Gasteiger partial charge on any atom is -0.379 e. The number of anilines is 1. The molecule has 6 heteroatoms. The molecule has 2 aromatic rings. The van der Waals surface area contributed by atoms with Gasteiger partial charge in [-0.05, 0) is 31.3 Å². The molecular formula is C18H26N4O2. The number of rotatable bonds is 7. The van der Waals surface area contributed by atoms with Gasteiger partial charge in [0.25, 0.3) is 0 Å². The number of ether oxygens (including phenoxy) is 1. The molecule has 1 aromatic heterocycles. The first-order valence-corrected chi connectivity index (χ1v) is 8.60. The molecule has 24 heavy (non-hydrogen) atoms. The predicted molar refractivity (Wildman–Crippen MR) is 96.4 cm³/mol. The van der Waals surface area contributed by atoms with Crippen LogP contribution in [0.25, 0.3) is 10.9 Å². The summed E-state index contributed by atoms with van der Waals surface area (Å²) < 4.78 is 7.66. The highest BCUT2D eigenvalue weighted by atomic mass is 16.5. The van der Waals surface area contributed by atoms with Gasteiger partial charge in [0, 0.05) is 61.9 Å². The Morgan fingerprint density at radius 1 is 1.21 bits per heavy atom. The number of aromatic nitrogens is 1. The van der Waals surface area contributed by atoms with Gasteiger partial charge in [-0.3, -0.25) is 9.69 Å². The van der Waals surface area contributed by atoms with Gasteiger partial charge in [0.2, 0.25) is 5.91 Å². The van der Waals surface area contributed by atoms with Gasteiger partial charge in [0.1, 0.15) is 0 Å². The number of carbonyl (C=O) groups is 1. The largest absolute Gasteiger partial charge is 0.379 e. The second-order valence-corrected chi connectivity index (χ2v) is 6.14. The van der Waals surface area contributed by atoms with Gasteiger partial charge in [-0.15, -0.1) is 0 Å². The van der Waals surface area contributed by atoms with Crippen LogP contribution in [-0.2, 0) is 16.1 Å². The zero-order valence-corrected chi connectivity index (χ0v) is 14.3. The summed E-state index contributed by atoms with van der Waals surface area (Å²) in [6.07, 6.45) is 2.60. The highest BCUT2D eigenvalue weighted by molar-refractivity contribution is 5.94. The Balaban J connectivity index is 1.61. The lowest BCUT2D eigenvalue weighted by atomic mass is 10.2. The monoisotopic (exact) mass is 330 g/mol. The van der Waals surface area contributed by atoms with Crippen LogP contribution in [0.3, 0.4) is 0 Å². The molecule has 0 bridgehead atoms. The molecule has 1 amide bonds. The average Bonchev–Trinajstić information content (AvgIpc) is 3.01. The standard InChI is InChI=1S/C18H26N4O2/c1-19-6-4-18(23)20-16-2-3-17-15(14-16)5-7-22(17)9-8-21-10-12-24-13-11-21/h2-3,5,7,14,19H,4,6,8-13H2,1H3,(H,20,23). The number of hydrogen-bond donors (Lipinski definition) is 2. The maximum absolute atomic E-state index is 11.8. The van der Waals surface area contributed by atoms with E-state index in [0.29, 0.717) is 13.0 Å². The normalized spacial score (nSPS) is 15.7. The third kappa shape index (κ3) is 4.35. The minimum absolute atomic E-state index is 0.0375. The van der Waals surface area contributed by atoms with Crippen LogP contribution in [0.2, 0.25) is 0 Å². The van der Waals surface area contributed by atoms with Gasteiger partial charge in [-0.2, -0.15) is 0 Å². The van der Waals surface area contributed by atoms with Gasteiger partial charge >= 0.3 is 0 Å². The predicted octanol–water partition coefficient (Wildman–Crippen LogP) is 1.52. The highest BCUT2D eigenvalue weighted by Gasteiger charge is 2.11. The van der Waals surface area contributed by atoms with Crippen LogP contribution in [0.4, 0.5) is 5.69 Å². The second-order valence-electron chi connectivity index (χ2n) is 6.14. The fourth-order valence-corrected chi connectivity index (χ4v) is 3.01. The van der Waals surface area contributed by atoms with Crippen molar-refractivity contribution in [3.05, 3.63) is 30.5 Å². The van der Waals surface area contributed by atoms with E-state index in [0.717, 1.165) is 50.5 Å². The smallest absolute Gasteiger partial charge is 0.225 e. The van der Waals surface area contributed by atoms with Crippen molar-refractivity contribution in [1.29, 1.82) is 0 Å². The molecule has 0 spiro atoms. The molecule has 1 saturated heterocycles. The number of nitrogens with one attached hydrogen (secondary N) is 2. The lowest BCUT2D eigenvalue weighted by molar-refractivity contribution is -0.116. The first kappa shape index (κ1) is 17.0. The molecule has 0 radical (unpaired) electrons. The molecule has 1 aliphatic heterocycles. The van der Waals surface area contributed by atoms with Gasteiger partial charge < -0.3 is 19.9 Å². The van der Waals surface area contributed by atoms with Crippen molar-refractivity contribution in [2.45, 2.75) is 13.0 Å². The zero-order valence-electron chi connectivity index (χ0n) is 14.3. The van der Waals surface area contributed by atoms with Crippen LogP contribution in [0.1, 0.15) is 6.42 Å². The number of amides is 1. The number of benzene rings is 1. The fraction of sp³-hybridized carbons (Fsp3) is 0.500. The molecule has 1 aliphatic rings. The molecule has 130 valence electrons. The van der Waals surface area contributed by atoms with Crippen molar-refractivity contribution in [3.63, 3.8) is 0 Å². The molecule has 0 saturated carbocycles. The zero-order chi connectivity index (χ0) is 16.8. The van der Waals surface area contributed by atoms with E-state index in [1.807, 2.05) is 19.2 Å². The number of hydrogen-bond acceptors (Lipinski definition) is 4. The van der Waals surface area contributed by atoms with Crippen LogP contribution >= 0.6 is 0 Å². The first-order chi connectivity index (χ1) is 11.8. The second kappa shape index (κ2) is 8.28. The molecule has 2 N–H and O–H groups in total. The summed E-state index contributed by atoms with van der Waals surface area (Å²) in [5.41, 5.74) is 2.06. The molecule has 0 aliphatic carbocycles. The van der Waals surface area contributed by atoms with Crippen molar-refractivity contribution in [2.24, 2.45) is 0 Å². The van der Waals surface area contributed by atoms with Crippen LogP contribution in [0, 0.1) is 0 Å². The summed E-state index contributed by atoms with van der Waals surface area (Å²) in [5.74, 6) is 0.0375. The van der Waals surface area contributed by atoms with E-state index in [2.05, 4.69) is 38.4 Å². The van der Waals surface area contributed by atoms with Crippen LogP contribution in [-0.4, -0.2) is 61.8 Å². The SMILES string of the molecule is CNCCC(=O)Nc1ccc2c(ccn2CCN2CCOCC2)c1. The Morgan fingerprint density at radius 2 is 2.04 bits per heavy atom. The van der Waals surface area contributed by atoms with Crippen molar-refractivity contribution in [3.8, 4) is 0 Å². The van der Waals surface area contributed by atoms with Crippen LogP contribution in [0.15, 0.2) is 30.5 Å². The van der Waals surface area contributed by atoms with Gasteiger partial charge in [-0.25, -0.2) is 0 Å². The number of fused-ring (bicyclic) bond motifs is 1. The lowest BCUT2D eigenvalue weighted by Crippen LogP contribution is -2.38. The van der Waals surface area contributed by atoms with Crippen molar-refractivity contribution >= 4 is 22.5 Å². The van der Waals surface area contributed by atoms with Crippen molar-refractivity contribution in [2.75, 3.05) is 51.8 Å². The Morgan fingerprint density at radius 3 is 2.83 bits per heavy atom. The van der Waals surface area contributed by atoms with E-state index in [-0.39, 0.29) is 5.91 Å². The van der Waals surface area contributed by atoms with Crippen molar-refractivity contribution < 1.29 is 9.53 Å². The first-order valence-electron chi connectivity index (χ1n) is 8.60. The van der Waals surface area contributed by atoms with E-state index in [4.69, 9.17) is 4.74 Å². The summed E-state index contributed by atoms with van der Waals surface area (Å²) in [6, 6.07) is 8.21. The summed E-state index contributed by atoms with van der Waals surface area (Å²) in [6.45, 7) is 6.40. The Bertz CT molecular complexity index is 677. The van der Waals surface area contributed by atoms with E-state index in [1.54, 1.807) is 0 Å². The number of carbonyl (C=O) groups excluding carboxylic acids is 1. The molecule has 0 unspecified atom stereocenters. The van der Waals surface area contributed by atoms with E-state index >= 15 is 0 Å². The van der Waals surface area contributed by atoms with Gasteiger partial charge in [0.15, 0.2) is 0 Å². The molecule has 2 heterocycles. The maximum atomic E-state index is 11.8. The summed E-state index contributed by atoms with van der Waals surface area (Å²) in [4.78, 5) is 14.3. The van der Waals surface area contributed by atoms with Gasteiger partial charge in [0.05, 0.1) is 13.2 Å². The molecule has 6 nitrogen and oxygen atoms in total. The average molecular weight is 330 g/mol. The number of morpholine rings is 1. The quantitative estimate of drug-likeness (QED) is 0.808.